The van der Waals surface area contributed by atoms with Crippen LogP contribution >= 0.6 is 0 Å². The Morgan fingerprint density at radius 2 is 1.73 bits per heavy atom. The van der Waals surface area contributed by atoms with Crippen LogP contribution in [0.25, 0.3) is 0 Å². The van der Waals surface area contributed by atoms with Crippen molar-refractivity contribution in [2.45, 2.75) is 45.1 Å². The number of anilines is 1. The van der Waals surface area contributed by atoms with Crippen molar-refractivity contribution in [1.82, 2.24) is 0 Å². The Hall–Kier alpha value is -2.31. The maximum Gasteiger partial charge on any atom is 0.309 e. The molecule has 2 bridgehead atoms. The Labute approximate surface area is 150 Å². The number of benzene rings is 1. The molecule has 5 nitrogen and oxygen atoms in total. The molecule has 1 N–H and O–H groups in total. The summed E-state index contributed by atoms with van der Waals surface area (Å²) in [4.78, 5) is 36.6. The molecular weight excluding hydrogens is 344 g/mol. The molecule has 3 rings (SSSR count). The number of para-hydroxylation sites is 1. The lowest BCUT2D eigenvalue weighted by Crippen LogP contribution is -2.41. The number of ketones is 1. The number of fused-ring (bicyclic) bond motifs is 2. The number of carbonyl (C=O) groups excluding carboxylic acids is 3. The van der Waals surface area contributed by atoms with E-state index in [1.54, 1.807) is 0 Å². The number of rotatable bonds is 4. The van der Waals surface area contributed by atoms with E-state index >= 15 is 0 Å². The second-order valence-electron chi connectivity index (χ2n) is 7.06. The fourth-order valence-corrected chi connectivity index (χ4v) is 3.84. The molecule has 140 valence electrons. The van der Waals surface area contributed by atoms with Gasteiger partial charge in [-0.1, -0.05) is 12.5 Å². The molecule has 1 unspecified atom stereocenters. The first-order valence-electron chi connectivity index (χ1n) is 8.86. The first-order valence-corrected chi connectivity index (χ1v) is 8.86. The van der Waals surface area contributed by atoms with E-state index in [0.717, 1.165) is 31.4 Å². The number of esters is 1. The molecule has 4 atom stereocenters. The zero-order valence-electron chi connectivity index (χ0n) is 14.5. The molecule has 0 aromatic heterocycles. The number of amides is 1. The maximum absolute atomic E-state index is 13.6. The highest BCUT2D eigenvalue weighted by Gasteiger charge is 2.42. The lowest BCUT2D eigenvalue weighted by atomic mass is 9.67. The van der Waals surface area contributed by atoms with Gasteiger partial charge < -0.3 is 10.1 Å². The second-order valence-corrected chi connectivity index (χ2v) is 7.06. The monoisotopic (exact) mass is 365 g/mol. The van der Waals surface area contributed by atoms with Gasteiger partial charge in [0.1, 0.15) is 23.1 Å². The third-order valence-corrected chi connectivity index (χ3v) is 5.25. The first kappa shape index (κ1) is 18.5. The summed E-state index contributed by atoms with van der Waals surface area (Å²) in [5.74, 6) is -3.54. The molecule has 0 aliphatic heterocycles. The minimum Gasteiger partial charge on any atom is -0.452 e. The molecule has 0 saturated heterocycles. The Morgan fingerprint density at radius 3 is 2.31 bits per heavy atom. The van der Waals surface area contributed by atoms with Gasteiger partial charge in [-0.15, -0.1) is 0 Å². The number of halogens is 2. The zero-order valence-corrected chi connectivity index (χ0v) is 14.5. The third-order valence-electron chi connectivity index (χ3n) is 5.25. The molecule has 0 spiro atoms. The summed E-state index contributed by atoms with van der Waals surface area (Å²) in [6, 6.07) is 3.23. The van der Waals surface area contributed by atoms with E-state index in [9.17, 15) is 23.2 Å². The molecule has 1 amide bonds. The van der Waals surface area contributed by atoms with Gasteiger partial charge in [-0.2, -0.15) is 0 Å². The molecule has 2 aliphatic carbocycles. The van der Waals surface area contributed by atoms with Gasteiger partial charge in [-0.3, -0.25) is 14.4 Å². The van der Waals surface area contributed by atoms with Crippen LogP contribution in [0.1, 0.15) is 39.0 Å². The molecule has 2 aliphatic rings. The summed E-state index contributed by atoms with van der Waals surface area (Å²) < 4.78 is 32.4. The lowest BCUT2D eigenvalue weighted by molar-refractivity contribution is -0.161. The largest absolute Gasteiger partial charge is 0.452 e. The predicted molar refractivity (Wildman–Crippen MR) is 89.1 cm³/mol. The SMILES string of the molecule is C[C@@H](OC(=O)C1C[C@H]2CCC[C@@H](C1)C2=O)C(=O)Nc1c(F)cccc1F. The second kappa shape index (κ2) is 7.51. The van der Waals surface area contributed by atoms with Crippen molar-refractivity contribution in [3.63, 3.8) is 0 Å². The fraction of sp³-hybridized carbons (Fsp3) is 0.526. The lowest BCUT2D eigenvalue weighted by Gasteiger charge is -2.36. The number of Topliss-reactive ketones (excluding diaryl/α,β-unsaturated/α-hetero) is 1. The number of ether oxygens (including phenoxy) is 1. The Balaban J connectivity index is 1.59. The minimum atomic E-state index is -1.20. The van der Waals surface area contributed by atoms with E-state index in [2.05, 4.69) is 5.32 Å². The first-order chi connectivity index (χ1) is 12.4. The van der Waals surface area contributed by atoms with Gasteiger partial charge in [0.05, 0.1) is 5.92 Å². The Kier molecular flexibility index (Phi) is 5.34. The fourth-order valence-electron chi connectivity index (χ4n) is 3.84. The van der Waals surface area contributed by atoms with Crippen molar-refractivity contribution in [2.75, 3.05) is 5.32 Å². The van der Waals surface area contributed by atoms with Gasteiger partial charge in [0, 0.05) is 11.8 Å². The van der Waals surface area contributed by atoms with Gasteiger partial charge in [0.25, 0.3) is 5.91 Å². The van der Waals surface area contributed by atoms with Crippen LogP contribution in [-0.4, -0.2) is 23.8 Å². The molecule has 7 heteroatoms. The van der Waals surface area contributed by atoms with Gasteiger partial charge in [0.2, 0.25) is 0 Å². The van der Waals surface area contributed by atoms with E-state index in [4.69, 9.17) is 4.74 Å². The van der Waals surface area contributed by atoms with Crippen LogP contribution in [0.2, 0.25) is 0 Å². The number of carbonyl (C=O) groups is 3. The van der Waals surface area contributed by atoms with E-state index in [1.165, 1.54) is 13.0 Å². The van der Waals surface area contributed by atoms with Crippen LogP contribution < -0.4 is 5.32 Å². The van der Waals surface area contributed by atoms with Crippen molar-refractivity contribution in [3.8, 4) is 0 Å². The molecule has 2 fully saturated rings. The highest BCUT2D eigenvalue weighted by Crippen LogP contribution is 2.40. The minimum absolute atomic E-state index is 0.100. The number of hydrogen-bond donors (Lipinski definition) is 1. The normalized spacial score (nSPS) is 26.1. The maximum atomic E-state index is 13.6. The summed E-state index contributed by atoms with van der Waals surface area (Å²) in [6.07, 6.45) is 2.28. The molecule has 2 saturated carbocycles. The van der Waals surface area contributed by atoms with Crippen molar-refractivity contribution in [3.05, 3.63) is 29.8 Å². The predicted octanol–water partition coefficient (Wildman–Crippen LogP) is 3.23. The van der Waals surface area contributed by atoms with Crippen molar-refractivity contribution in [1.29, 1.82) is 0 Å². The van der Waals surface area contributed by atoms with Gasteiger partial charge in [-0.05, 0) is 44.7 Å². The molecule has 0 heterocycles. The van der Waals surface area contributed by atoms with Crippen LogP contribution in [-0.2, 0) is 19.1 Å². The quantitative estimate of drug-likeness (QED) is 0.832. The summed E-state index contributed by atoms with van der Waals surface area (Å²) in [7, 11) is 0. The number of hydrogen-bond acceptors (Lipinski definition) is 4. The summed E-state index contributed by atoms with van der Waals surface area (Å²) in [5, 5.41) is 2.11. The molecule has 1 aromatic rings. The zero-order chi connectivity index (χ0) is 18.8. The van der Waals surface area contributed by atoms with Gasteiger partial charge in [0.15, 0.2) is 6.10 Å². The van der Waals surface area contributed by atoms with E-state index in [1.807, 2.05) is 0 Å². The smallest absolute Gasteiger partial charge is 0.309 e. The number of nitrogens with one attached hydrogen (secondary N) is 1. The summed E-state index contributed by atoms with van der Waals surface area (Å²) in [6.45, 7) is 1.35. The van der Waals surface area contributed by atoms with Crippen LogP contribution in [0.15, 0.2) is 18.2 Å². The van der Waals surface area contributed by atoms with Gasteiger partial charge >= 0.3 is 5.97 Å². The van der Waals surface area contributed by atoms with E-state index < -0.39 is 41.2 Å². The van der Waals surface area contributed by atoms with Crippen LogP contribution in [0.3, 0.4) is 0 Å². The van der Waals surface area contributed by atoms with E-state index in [-0.39, 0.29) is 17.6 Å². The standard InChI is InChI=1S/C19H21F2NO4/c1-10(18(24)22-16-14(20)6-3-7-15(16)21)26-19(25)13-8-11-4-2-5-12(9-13)17(11)23/h3,6-7,10-13H,2,4-5,8-9H2,1H3,(H,22,24)/t10-,11-,12+,13?/m1/s1. The summed E-state index contributed by atoms with van der Waals surface area (Å²) in [5.41, 5.74) is -0.571. The van der Waals surface area contributed by atoms with Crippen molar-refractivity contribution >= 4 is 23.3 Å². The highest BCUT2D eigenvalue weighted by molar-refractivity contribution is 5.95. The summed E-state index contributed by atoms with van der Waals surface area (Å²) >= 11 is 0. The van der Waals surface area contributed by atoms with Gasteiger partial charge in [-0.25, -0.2) is 8.78 Å². The third kappa shape index (κ3) is 3.76. The topological polar surface area (TPSA) is 72.5 Å². The highest BCUT2D eigenvalue weighted by atomic mass is 19.1. The van der Waals surface area contributed by atoms with Crippen LogP contribution in [0, 0.1) is 29.4 Å². The average molecular weight is 365 g/mol. The van der Waals surface area contributed by atoms with Crippen molar-refractivity contribution < 1.29 is 27.9 Å². The van der Waals surface area contributed by atoms with E-state index in [0.29, 0.717) is 12.8 Å². The molecule has 0 radical (unpaired) electrons. The Morgan fingerprint density at radius 1 is 1.15 bits per heavy atom. The average Bonchev–Trinajstić information content (AvgIpc) is 2.57. The van der Waals surface area contributed by atoms with Crippen molar-refractivity contribution in [2.24, 2.45) is 17.8 Å². The molecule has 26 heavy (non-hydrogen) atoms. The molecule has 1 aromatic carbocycles. The van der Waals surface area contributed by atoms with Crippen LogP contribution in [0.5, 0.6) is 0 Å². The van der Waals surface area contributed by atoms with Crippen LogP contribution in [0.4, 0.5) is 14.5 Å². The molecular formula is C19H21F2NO4. The Bertz CT molecular complexity index is 700.